The minimum atomic E-state index is -0.636. The Balaban J connectivity index is 1.49. The van der Waals surface area contributed by atoms with Crippen molar-refractivity contribution in [1.82, 2.24) is 4.90 Å². The molecule has 5 unspecified atom stereocenters. The van der Waals surface area contributed by atoms with E-state index in [9.17, 15) is 4.79 Å². The maximum Gasteiger partial charge on any atom is 0.303 e. The summed E-state index contributed by atoms with van der Waals surface area (Å²) in [7, 11) is 0. The number of rotatable bonds is 5. The van der Waals surface area contributed by atoms with Gasteiger partial charge in [0, 0.05) is 19.5 Å². The van der Waals surface area contributed by atoms with E-state index in [0.29, 0.717) is 18.3 Å². The summed E-state index contributed by atoms with van der Waals surface area (Å²) in [5, 5.41) is 8.97. The predicted molar refractivity (Wildman–Crippen MR) is 79.5 cm³/mol. The Kier molecular flexibility index (Phi) is 4.34. The van der Waals surface area contributed by atoms with E-state index in [1.807, 2.05) is 0 Å². The summed E-state index contributed by atoms with van der Waals surface area (Å²) in [5.41, 5.74) is 0. The van der Waals surface area contributed by atoms with Crippen molar-refractivity contribution in [1.29, 1.82) is 0 Å². The van der Waals surface area contributed by atoms with Crippen molar-refractivity contribution in [2.75, 3.05) is 19.6 Å². The molecule has 0 radical (unpaired) electrons. The highest BCUT2D eigenvalue weighted by Crippen LogP contribution is 2.48. The normalized spacial score (nSPS) is 39.0. The van der Waals surface area contributed by atoms with E-state index in [-0.39, 0.29) is 0 Å². The Bertz CT molecular complexity index is 357. The van der Waals surface area contributed by atoms with E-state index in [1.165, 1.54) is 51.6 Å². The lowest BCUT2D eigenvalue weighted by atomic mass is 9.83. The van der Waals surface area contributed by atoms with Crippen LogP contribution in [-0.2, 0) is 4.79 Å². The number of hydrogen-bond acceptors (Lipinski definition) is 2. The van der Waals surface area contributed by atoms with Crippen LogP contribution >= 0.6 is 0 Å². The van der Waals surface area contributed by atoms with E-state index in [0.717, 1.165) is 24.3 Å². The molecule has 3 nitrogen and oxygen atoms in total. The minimum absolute atomic E-state index is 0.329. The summed E-state index contributed by atoms with van der Waals surface area (Å²) in [4.78, 5) is 13.5. The van der Waals surface area contributed by atoms with Crippen molar-refractivity contribution < 1.29 is 9.90 Å². The van der Waals surface area contributed by atoms with Gasteiger partial charge in [-0.1, -0.05) is 13.3 Å². The van der Waals surface area contributed by atoms with E-state index >= 15 is 0 Å². The topological polar surface area (TPSA) is 40.5 Å². The summed E-state index contributed by atoms with van der Waals surface area (Å²) >= 11 is 0. The molecule has 0 aromatic heterocycles. The number of carboxylic acids is 1. The number of likely N-dealkylation sites (tertiary alicyclic amines) is 1. The predicted octanol–water partition coefficient (Wildman–Crippen LogP) is 3.25. The van der Waals surface area contributed by atoms with Gasteiger partial charge < -0.3 is 10.0 Å². The zero-order valence-corrected chi connectivity index (χ0v) is 12.8. The van der Waals surface area contributed by atoms with Gasteiger partial charge in [-0.25, -0.2) is 0 Å². The molecule has 2 aliphatic carbocycles. The van der Waals surface area contributed by atoms with Crippen molar-refractivity contribution in [2.24, 2.45) is 29.6 Å². The second-order valence-corrected chi connectivity index (χ2v) is 7.67. The molecule has 1 heterocycles. The highest BCUT2D eigenvalue weighted by molar-refractivity contribution is 5.67. The molecule has 0 amide bonds. The summed E-state index contributed by atoms with van der Waals surface area (Å²) in [6, 6.07) is 0. The van der Waals surface area contributed by atoms with Gasteiger partial charge >= 0.3 is 5.97 Å². The number of piperidine rings is 1. The molecule has 1 N–H and O–H groups in total. The van der Waals surface area contributed by atoms with E-state index in [1.54, 1.807) is 0 Å². The van der Waals surface area contributed by atoms with E-state index < -0.39 is 5.97 Å². The number of nitrogens with zero attached hydrogens (tertiary/aromatic N) is 1. The van der Waals surface area contributed by atoms with Gasteiger partial charge in [0.1, 0.15) is 0 Å². The zero-order valence-electron chi connectivity index (χ0n) is 12.8. The smallest absolute Gasteiger partial charge is 0.303 e. The number of aliphatic carboxylic acids is 1. The van der Waals surface area contributed by atoms with Crippen molar-refractivity contribution in [3.8, 4) is 0 Å². The molecule has 0 spiro atoms. The summed E-state index contributed by atoms with van der Waals surface area (Å²) < 4.78 is 0. The molecule has 1 saturated heterocycles. The summed E-state index contributed by atoms with van der Waals surface area (Å²) in [6.45, 7) is 5.80. The fraction of sp³-hybridized carbons (Fsp3) is 0.941. The molecule has 3 aliphatic rings. The van der Waals surface area contributed by atoms with E-state index in [4.69, 9.17) is 5.11 Å². The molecular formula is C17H29NO2. The van der Waals surface area contributed by atoms with Gasteiger partial charge in [-0.15, -0.1) is 0 Å². The Morgan fingerprint density at radius 3 is 2.80 bits per heavy atom. The monoisotopic (exact) mass is 279 g/mol. The second kappa shape index (κ2) is 6.05. The summed E-state index contributed by atoms with van der Waals surface area (Å²) in [6.07, 6.45) is 8.75. The standard InChI is InChI=1S/C17H29NO2/c1-12(7-17(19)20)15-3-2-6-18(10-15)11-16-9-13-4-5-14(16)8-13/h12-16H,2-11H2,1H3,(H,19,20). The van der Waals surface area contributed by atoms with Crippen LogP contribution in [0.2, 0.25) is 0 Å². The van der Waals surface area contributed by atoms with Gasteiger partial charge in [0.25, 0.3) is 0 Å². The number of hydrogen-bond donors (Lipinski definition) is 1. The molecule has 5 atom stereocenters. The SMILES string of the molecule is CC(CC(=O)O)C1CCCN(CC2CC3CCC2C3)C1. The van der Waals surface area contributed by atoms with Crippen molar-refractivity contribution >= 4 is 5.97 Å². The highest BCUT2D eigenvalue weighted by Gasteiger charge is 2.40. The Labute approximate surface area is 122 Å². The van der Waals surface area contributed by atoms with Crippen molar-refractivity contribution in [3.05, 3.63) is 0 Å². The Morgan fingerprint density at radius 1 is 1.30 bits per heavy atom. The van der Waals surface area contributed by atoms with Crippen molar-refractivity contribution in [3.63, 3.8) is 0 Å². The first-order chi connectivity index (χ1) is 9.61. The number of carbonyl (C=O) groups is 1. The first-order valence-corrected chi connectivity index (χ1v) is 8.56. The van der Waals surface area contributed by atoms with Gasteiger partial charge in [0.2, 0.25) is 0 Å². The zero-order chi connectivity index (χ0) is 14.1. The minimum Gasteiger partial charge on any atom is -0.481 e. The van der Waals surface area contributed by atoms with E-state index in [2.05, 4.69) is 11.8 Å². The quantitative estimate of drug-likeness (QED) is 0.840. The van der Waals surface area contributed by atoms with Gasteiger partial charge in [0.15, 0.2) is 0 Å². The summed E-state index contributed by atoms with van der Waals surface area (Å²) in [5.74, 6) is 3.28. The van der Waals surface area contributed by atoms with Crippen LogP contribution in [0.3, 0.4) is 0 Å². The van der Waals surface area contributed by atoms with Gasteiger partial charge in [-0.3, -0.25) is 4.79 Å². The molecule has 3 heteroatoms. The lowest BCUT2D eigenvalue weighted by molar-refractivity contribution is -0.138. The first-order valence-electron chi connectivity index (χ1n) is 8.56. The van der Waals surface area contributed by atoms with Crippen LogP contribution in [0.15, 0.2) is 0 Å². The average Bonchev–Trinajstić information content (AvgIpc) is 3.00. The maximum absolute atomic E-state index is 10.9. The van der Waals surface area contributed by atoms with Crippen LogP contribution < -0.4 is 0 Å². The molecule has 2 saturated carbocycles. The lowest BCUT2D eigenvalue weighted by Gasteiger charge is -2.38. The van der Waals surface area contributed by atoms with Crippen LogP contribution in [-0.4, -0.2) is 35.6 Å². The van der Waals surface area contributed by atoms with Crippen LogP contribution in [0.25, 0.3) is 0 Å². The molecule has 0 aromatic rings. The maximum atomic E-state index is 10.9. The molecule has 114 valence electrons. The third kappa shape index (κ3) is 3.19. The van der Waals surface area contributed by atoms with Gasteiger partial charge in [0.05, 0.1) is 0 Å². The van der Waals surface area contributed by atoms with Crippen LogP contribution in [0, 0.1) is 29.6 Å². The molecule has 20 heavy (non-hydrogen) atoms. The largest absolute Gasteiger partial charge is 0.481 e. The van der Waals surface area contributed by atoms with Crippen LogP contribution in [0.5, 0.6) is 0 Å². The second-order valence-electron chi connectivity index (χ2n) is 7.67. The molecular weight excluding hydrogens is 250 g/mol. The third-order valence-electron chi connectivity index (χ3n) is 6.22. The molecule has 0 aromatic carbocycles. The average molecular weight is 279 g/mol. The first kappa shape index (κ1) is 14.4. The Hall–Kier alpha value is -0.570. The molecule has 3 rings (SSSR count). The number of carboxylic acid groups (broad SMARTS) is 1. The van der Waals surface area contributed by atoms with Crippen LogP contribution in [0.4, 0.5) is 0 Å². The third-order valence-corrected chi connectivity index (χ3v) is 6.22. The Morgan fingerprint density at radius 2 is 2.15 bits per heavy atom. The van der Waals surface area contributed by atoms with Gasteiger partial charge in [-0.05, 0) is 68.2 Å². The highest BCUT2D eigenvalue weighted by atomic mass is 16.4. The van der Waals surface area contributed by atoms with Gasteiger partial charge in [-0.2, -0.15) is 0 Å². The molecule has 2 bridgehead atoms. The fourth-order valence-electron chi connectivity index (χ4n) is 5.10. The molecule has 1 aliphatic heterocycles. The fourth-order valence-corrected chi connectivity index (χ4v) is 5.10. The number of fused-ring (bicyclic) bond motifs is 2. The van der Waals surface area contributed by atoms with Crippen LogP contribution in [0.1, 0.15) is 51.9 Å². The van der Waals surface area contributed by atoms with Crippen molar-refractivity contribution in [2.45, 2.75) is 51.9 Å². The lowest BCUT2D eigenvalue weighted by Crippen LogP contribution is -2.41. The molecule has 3 fully saturated rings.